The van der Waals surface area contributed by atoms with Crippen LogP contribution in [0.1, 0.15) is 12.8 Å². The summed E-state index contributed by atoms with van der Waals surface area (Å²) in [6, 6.07) is 0.600. The van der Waals surface area contributed by atoms with Crippen LogP contribution in [-0.2, 0) is 10.0 Å². The summed E-state index contributed by atoms with van der Waals surface area (Å²) in [5.41, 5.74) is 0. The fraction of sp³-hybridized carbons (Fsp3) is 0.455. The molecule has 1 saturated heterocycles. The predicted molar refractivity (Wildman–Crippen MR) is 60.3 cm³/mol. The lowest BCUT2D eigenvalue weighted by atomic mass is 10.2. The number of benzene rings is 1. The molecule has 0 radical (unpaired) electrons. The third-order valence-electron chi connectivity index (χ3n) is 3.12. The summed E-state index contributed by atoms with van der Waals surface area (Å²) in [6.45, 7) is -0.281. The van der Waals surface area contributed by atoms with Crippen molar-refractivity contribution in [2.75, 3.05) is 13.2 Å². The van der Waals surface area contributed by atoms with Crippen molar-refractivity contribution in [3.63, 3.8) is 0 Å². The first-order valence-electron chi connectivity index (χ1n) is 5.65. The number of aliphatic hydroxyl groups excluding tert-OH is 1. The van der Waals surface area contributed by atoms with Gasteiger partial charge in [0.25, 0.3) is 0 Å². The van der Waals surface area contributed by atoms with Crippen molar-refractivity contribution in [2.24, 2.45) is 0 Å². The quantitative estimate of drug-likeness (QED) is 0.854. The molecule has 2 rings (SSSR count). The molecule has 0 unspecified atom stereocenters. The number of sulfonamides is 1. The van der Waals surface area contributed by atoms with Crippen molar-refractivity contribution >= 4 is 10.0 Å². The smallest absolute Gasteiger partial charge is 0.246 e. The van der Waals surface area contributed by atoms with Crippen LogP contribution in [0.4, 0.5) is 13.2 Å². The molecule has 0 saturated carbocycles. The lowest BCUT2D eigenvalue weighted by Gasteiger charge is -2.22. The molecule has 4 nitrogen and oxygen atoms in total. The van der Waals surface area contributed by atoms with Crippen LogP contribution in [-0.4, -0.2) is 37.0 Å². The van der Waals surface area contributed by atoms with Gasteiger partial charge in [0.1, 0.15) is 4.90 Å². The average molecular weight is 295 g/mol. The summed E-state index contributed by atoms with van der Waals surface area (Å²) in [5.74, 6) is -5.00. The van der Waals surface area contributed by atoms with Crippen molar-refractivity contribution in [3.8, 4) is 0 Å². The Morgan fingerprint density at radius 3 is 2.58 bits per heavy atom. The monoisotopic (exact) mass is 295 g/mol. The highest BCUT2D eigenvalue weighted by atomic mass is 32.2. The number of nitrogens with zero attached hydrogens (tertiary/aromatic N) is 1. The number of halogens is 3. The first-order valence-corrected chi connectivity index (χ1v) is 7.09. The first kappa shape index (κ1) is 14.3. The molecule has 0 aliphatic carbocycles. The van der Waals surface area contributed by atoms with E-state index in [0.29, 0.717) is 25.0 Å². The van der Waals surface area contributed by atoms with Crippen LogP contribution in [0.3, 0.4) is 0 Å². The van der Waals surface area contributed by atoms with Gasteiger partial charge in [0.05, 0.1) is 6.61 Å². The minimum atomic E-state index is -4.28. The molecule has 1 aliphatic rings. The lowest BCUT2D eigenvalue weighted by Crippen LogP contribution is -2.38. The van der Waals surface area contributed by atoms with E-state index in [1.165, 1.54) is 0 Å². The maximum atomic E-state index is 13.6. The Balaban J connectivity index is 2.48. The van der Waals surface area contributed by atoms with Gasteiger partial charge in [-0.2, -0.15) is 4.31 Å². The van der Waals surface area contributed by atoms with Gasteiger partial charge in [-0.1, -0.05) is 0 Å². The molecule has 1 fully saturated rings. The second kappa shape index (κ2) is 5.10. The van der Waals surface area contributed by atoms with E-state index in [-0.39, 0.29) is 6.54 Å². The van der Waals surface area contributed by atoms with E-state index < -0.39 is 45.0 Å². The zero-order valence-electron chi connectivity index (χ0n) is 9.81. The molecule has 0 aromatic heterocycles. The van der Waals surface area contributed by atoms with Gasteiger partial charge in [0, 0.05) is 12.6 Å². The highest BCUT2D eigenvalue weighted by molar-refractivity contribution is 7.89. The molecule has 1 aliphatic heterocycles. The van der Waals surface area contributed by atoms with Crippen molar-refractivity contribution in [1.29, 1.82) is 0 Å². The van der Waals surface area contributed by atoms with Crippen molar-refractivity contribution < 1.29 is 26.7 Å². The summed E-state index contributed by atoms with van der Waals surface area (Å²) in [5, 5.41) is 9.08. The highest BCUT2D eigenvalue weighted by Crippen LogP contribution is 2.28. The van der Waals surface area contributed by atoms with E-state index in [9.17, 15) is 21.6 Å². The van der Waals surface area contributed by atoms with Crippen LogP contribution in [0.5, 0.6) is 0 Å². The largest absolute Gasteiger partial charge is 0.395 e. The maximum Gasteiger partial charge on any atom is 0.246 e. The van der Waals surface area contributed by atoms with Crippen LogP contribution < -0.4 is 0 Å². The fourth-order valence-electron chi connectivity index (χ4n) is 2.14. The molecule has 0 bridgehead atoms. The molecule has 8 heteroatoms. The lowest BCUT2D eigenvalue weighted by molar-refractivity contribution is 0.213. The maximum absolute atomic E-state index is 13.6. The summed E-state index contributed by atoms with van der Waals surface area (Å²) in [4.78, 5) is -0.910. The van der Waals surface area contributed by atoms with E-state index in [1.54, 1.807) is 0 Å². The Bertz CT molecular complexity index is 591. The average Bonchev–Trinajstić information content (AvgIpc) is 2.84. The number of hydrogen-bond donors (Lipinski definition) is 1. The van der Waals surface area contributed by atoms with Gasteiger partial charge < -0.3 is 5.11 Å². The Morgan fingerprint density at radius 1 is 1.26 bits per heavy atom. The van der Waals surface area contributed by atoms with Gasteiger partial charge in [-0.05, 0) is 25.0 Å². The Kier molecular flexibility index (Phi) is 3.84. The van der Waals surface area contributed by atoms with Crippen LogP contribution in [0.15, 0.2) is 17.0 Å². The zero-order valence-corrected chi connectivity index (χ0v) is 10.6. The molecule has 0 spiro atoms. The zero-order chi connectivity index (χ0) is 14.2. The van der Waals surface area contributed by atoms with Crippen LogP contribution in [0.2, 0.25) is 0 Å². The summed E-state index contributed by atoms with van der Waals surface area (Å²) in [6.07, 6.45) is 0.969. The van der Waals surface area contributed by atoms with Crippen LogP contribution >= 0.6 is 0 Å². The second-order valence-corrected chi connectivity index (χ2v) is 6.13. The van der Waals surface area contributed by atoms with Crippen LogP contribution in [0.25, 0.3) is 0 Å². The molecule has 1 heterocycles. The van der Waals surface area contributed by atoms with E-state index >= 15 is 0 Å². The molecule has 1 atom stereocenters. The Labute approximate surface area is 108 Å². The minimum absolute atomic E-state index is 0.117. The molecule has 19 heavy (non-hydrogen) atoms. The summed E-state index contributed by atoms with van der Waals surface area (Å²) < 4.78 is 64.7. The van der Waals surface area contributed by atoms with E-state index in [0.717, 1.165) is 4.31 Å². The summed E-state index contributed by atoms with van der Waals surface area (Å²) in [7, 11) is -4.28. The number of aliphatic hydroxyl groups is 1. The molecule has 106 valence electrons. The molecule has 1 aromatic carbocycles. The number of rotatable bonds is 3. The van der Waals surface area contributed by atoms with Crippen molar-refractivity contribution in [3.05, 3.63) is 29.6 Å². The Hall–Kier alpha value is -1.12. The molecule has 1 N–H and O–H groups in total. The fourth-order valence-corrected chi connectivity index (χ4v) is 3.88. The molecular formula is C11H12F3NO3S. The normalized spacial score (nSPS) is 20.9. The van der Waals surface area contributed by atoms with E-state index in [2.05, 4.69) is 0 Å². The SMILES string of the molecule is O=S(=O)(c1ccc(F)c(F)c1F)N1CCC[C@H]1CO. The van der Waals surface area contributed by atoms with Gasteiger partial charge in [-0.3, -0.25) is 0 Å². The standard InChI is InChI=1S/C11H12F3NO3S/c12-8-3-4-9(11(14)10(8)13)19(17,18)15-5-1-2-7(15)6-16/h3-4,7,16H,1-2,5-6H2/t7-/m0/s1. The van der Waals surface area contributed by atoms with E-state index in [4.69, 9.17) is 5.11 Å². The topological polar surface area (TPSA) is 57.6 Å². The van der Waals surface area contributed by atoms with E-state index in [1.807, 2.05) is 0 Å². The predicted octanol–water partition coefficient (Wildman–Crippen LogP) is 1.25. The van der Waals surface area contributed by atoms with Crippen molar-refractivity contribution in [1.82, 2.24) is 4.31 Å². The minimum Gasteiger partial charge on any atom is -0.395 e. The van der Waals surface area contributed by atoms with Gasteiger partial charge in [-0.15, -0.1) is 0 Å². The third-order valence-corrected chi connectivity index (χ3v) is 5.09. The molecular weight excluding hydrogens is 283 g/mol. The summed E-state index contributed by atoms with van der Waals surface area (Å²) >= 11 is 0. The van der Waals surface area contributed by atoms with Gasteiger partial charge in [0.2, 0.25) is 10.0 Å². The Morgan fingerprint density at radius 2 is 1.95 bits per heavy atom. The van der Waals surface area contributed by atoms with Gasteiger partial charge in [-0.25, -0.2) is 21.6 Å². The first-order chi connectivity index (χ1) is 8.89. The van der Waals surface area contributed by atoms with Crippen molar-refractivity contribution in [2.45, 2.75) is 23.8 Å². The molecule has 1 aromatic rings. The van der Waals surface area contributed by atoms with Gasteiger partial charge in [0.15, 0.2) is 17.5 Å². The second-order valence-electron chi connectivity index (χ2n) is 4.27. The third kappa shape index (κ3) is 2.35. The van der Waals surface area contributed by atoms with Crippen LogP contribution in [0, 0.1) is 17.5 Å². The number of hydrogen-bond acceptors (Lipinski definition) is 3. The molecule has 0 amide bonds. The van der Waals surface area contributed by atoms with Gasteiger partial charge >= 0.3 is 0 Å². The highest BCUT2D eigenvalue weighted by Gasteiger charge is 2.37.